The highest BCUT2D eigenvalue weighted by Crippen LogP contribution is 2.13. The van der Waals surface area contributed by atoms with Crippen molar-refractivity contribution in [2.45, 2.75) is 19.8 Å². The summed E-state index contributed by atoms with van der Waals surface area (Å²) in [5, 5.41) is 3.11. The standard InChI is InChI=1S/C9H14ClN3/c1-7(2)8-5-9(11-4-3-10)13-6-12-8/h5-7H,3-4H2,1-2H3,(H,11,12,13). The van der Waals surface area contributed by atoms with E-state index in [1.165, 1.54) is 0 Å². The van der Waals surface area contributed by atoms with Crippen molar-refractivity contribution in [1.29, 1.82) is 0 Å². The van der Waals surface area contributed by atoms with E-state index in [0.29, 0.717) is 11.8 Å². The monoisotopic (exact) mass is 199 g/mol. The fourth-order valence-corrected chi connectivity index (χ4v) is 1.05. The highest BCUT2D eigenvalue weighted by atomic mass is 35.5. The molecule has 0 saturated heterocycles. The second-order valence-corrected chi connectivity index (χ2v) is 3.48. The zero-order chi connectivity index (χ0) is 9.68. The Morgan fingerprint density at radius 2 is 2.23 bits per heavy atom. The lowest BCUT2D eigenvalue weighted by Gasteiger charge is -2.06. The van der Waals surface area contributed by atoms with Crippen LogP contribution in [0.15, 0.2) is 12.4 Å². The van der Waals surface area contributed by atoms with Gasteiger partial charge in [0.2, 0.25) is 0 Å². The Bertz CT molecular complexity index is 263. The summed E-state index contributed by atoms with van der Waals surface area (Å²) in [6.45, 7) is 4.94. The van der Waals surface area contributed by atoms with Crippen LogP contribution in [-0.2, 0) is 0 Å². The molecule has 1 heterocycles. The zero-order valence-electron chi connectivity index (χ0n) is 7.92. The first-order chi connectivity index (χ1) is 6.24. The fourth-order valence-electron chi connectivity index (χ4n) is 0.960. The Morgan fingerprint density at radius 1 is 1.46 bits per heavy atom. The molecule has 13 heavy (non-hydrogen) atoms. The van der Waals surface area contributed by atoms with Gasteiger partial charge in [0, 0.05) is 24.2 Å². The molecule has 0 aliphatic heterocycles. The van der Waals surface area contributed by atoms with Gasteiger partial charge in [0.15, 0.2) is 0 Å². The Kier molecular flexibility index (Phi) is 3.96. The van der Waals surface area contributed by atoms with Gasteiger partial charge in [0.05, 0.1) is 0 Å². The van der Waals surface area contributed by atoms with E-state index in [1.807, 2.05) is 6.07 Å². The van der Waals surface area contributed by atoms with Crippen molar-refractivity contribution >= 4 is 17.4 Å². The van der Waals surface area contributed by atoms with E-state index in [1.54, 1.807) is 6.33 Å². The molecule has 4 heteroatoms. The average Bonchev–Trinajstić information content (AvgIpc) is 2.15. The first kappa shape index (κ1) is 10.3. The number of hydrogen-bond acceptors (Lipinski definition) is 3. The van der Waals surface area contributed by atoms with Crippen LogP contribution >= 0.6 is 11.6 Å². The second kappa shape index (κ2) is 5.02. The van der Waals surface area contributed by atoms with Crippen molar-refractivity contribution in [3.8, 4) is 0 Å². The number of anilines is 1. The summed E-state index contributed by atoms with van der Waals surface area (Å²) in [6.07, 6.45) is 1.58. The fraction of sp³-hybridized carbons (Fsp3) is 0.556. The summed E-state index contributed by atoms with van der Waals surface area (Å²) in [6, 6.07) is 1.96. The SMILES string of the molecule is CC(C)c1cc(NCCCl)ncn1. The van der Waals surface area contributed by atoms with Crippen molar-refractivity contribution in [3.05, 3.63) is 18.1 Å². The second-order valence-electron chi connectivity index (χ2n) is 3.10. The summed E-state index contributed by atoms with van der Waals surface area (Å²) >= 11 is 5.55. The molecule has 1 aromatic heterocycles. The number of aromatic nitrogens is 2. The quantitative estimate of drug-likeness (QED) is 0.756. The molecule has 0 amide bonds. The van der Waals surface area contributed by atoms with Crippen molar-refractivity contribution in [3.63, 3.8) is 0 Å². The van der Waals surface area contributed by atoms with Crippen LogP contribution in [0.3, 0.4) is 0 Å². The molecular weight excluding hydrogens is 186 g/mol. The molecule has 0 aliphatic rings. The van der Waals surface area contributed by atoms with Crippen molar-refractivity contribution < 1.29 is 0 Å². The predicted molar refractivity (Wildman–Crippen MR) is 55.3 cm³/mol. The van der Waals surface area contributed by atoms with Gasteiger partial charge in [-0.25, -0.2) is 9.97 Å². The van der Waals surface area contributed by atoms with Gasteiger partial charge in [-0.05, 0) is 5.92 Å². The molecule has 1 N–H and O–H groups in total. The highest BCUT2D eigenvalue weighted by Gasteiger charge is 2.01. The van der Waals surface area contributed by atoms with Gasteiger partial charge in [0.1, 0.15) is 12.1 Å². The molecule has 1 aromatic rings. The van der Waals surface area contributed by atoms with Crippen LogP contribution < -0.4 is 5.32 Å². The minimum atomic E-state index is 0.430. The van der Waals surface area contributed by atoms with E-state index >= 15 is 0 Å². The van der Waals surface area contributed by atoms with Crippen molar-refractivity contribution in [2.75, 3.05) is 17.7 Å². The first-order valence-electron chi connectivity index (χ1n) is 4.36. The largest absolute Gasteiger partial charge is 0.369 e. The molecule has 1 rings (SSSR count). The molecule has 0 bridgehead atoms. The van der Waals surface area contributed by atoms with E-state index in [-0.39, 0.29) is 0 Å². The lowest BCUT2D eigenvalue weighted by Crippen LogP contribution is -2.05. The lowest BCUT2D eigenvalue weighted by atomic mass is 10.1. The third kappa shape index (κ3) is 3.19. The van der Waals surface area contributed by atoms with Crippen LogP contribution in [-0.4, -0.2) is 22.4 Å². The average molecular weight is 200 g/mol. The minimum absolute atomic E-state index is 0.430. The lowest BCUT2D eigenvalue weighted by molar-refractivity contribution is 0.814. The highest BCUT2D eigenvalue weighted by molar-refractivity contribution is 6.18. The van der Waals surface area contributed by atoms with E-state index < -0.39 is 0 Å². The van der Waals surface area contributed by atoms with Gasteiger partial charge in [0.25, 0.3) is 0 Å². The molecule has 0 spiro atoms. The van der Waals surface area contributed by atoms with Crippen LogP contribution in [0.5, 0.6) is 0 Å². The van der Waals surface area contributed by atoms with Crippen LogP contribution in [0.4, 0.5) is 5.82 Å². The number of rotatable bonds is 4. The van der Waals surface area contributed by atoms with Crippen LogP contribution in [0, 0.1) is 0 Å². The van der Waals surface area contributed by atoms with E-state index in [2.05, 4.69) is 29.1 Å². The van der Waals surface area contributed by atoms with Crippen molar-refractivity contribution in [2.24, 2.45) is 0 Å². The number of nitrogens with zero attached hydrogens (tertiary/aromatic N) is 2. The molecule has 0 fully saturated rings. The van der Waals surface area contributed by atoms with Gasteiger partial charge in [-0.3, -0.25) is 0 Å². The third-order valence-corrected chi connectivity index (χ3v) is 1.87. The van der Waals surface area contributed by atoms with E-state index in [0.717, 1.165) is 18.1 Å². The van der Waals surface area contributed by atoms with Gasteiger partial charge in [-0.1, -0.05) is 13.8 Å². The maximum Gasteiger partial charge on any atom is 0.129 e. The van der Waals surface area contributed by atoms with E-state index in [9.17, 15) is 0 Å². The summed E-state index contributed by atoms with van der Waals surface area (Å²) < 4.78 is 0. The maximum atomic E-state index is 5.55. The van der Waals surface area contributed by atoms with Crippen LogP contribution in [0.25, 0.3) is 0 Å². The topological polar surface area (TPSA) is 37.8 Å². The molecule has 0 radical (unpaired) electrons. The summed E-state index contributed by atoms with van der Waals surface area (Å²) in [5.74, 6) is 1.86. The number of halogens is 1. The maximum absolute atomic E-state index is 5.55. The van der Waals surface area contributed by atoms with Crippen LogP contribution in [0.1, 0.15) is 25.5 Å². The molecular formula is C9H14ClN3. The van der Waals surface area contributed by atoms with Gasteiger partial charge in [-0.2, -0.15) is 0 Å². The Morgan fingerprint density at radius 3 is 2.85 bits per heavy atom. The normalized spacial score (nSPS) is 10.5. The van der Waals surface area contributed by atoms with Gasteiger partial charge < -0.3 is 5.32 Å². The Labute approximate surface area is 83.5 Å². The molecule has 0 aliphatic carbocycles. The van der Waals surface area contributed by atoms with Gasteiger partial charge in [-0.15, -0.1) is 11.6 Å². The summed E-state index contributed by atoms with van der Waals surface area (Å²) in [4.78, 5) is 8.24. The minimum Gasteiger partial charge on any atom is -0.369 e. The number of nitrogens with one attached hydrogen (secondary N) is 1. The number of alkyl halides is 1. The Balaban J connectivity index is 2.68. The molecule has 3 nitrogen and oxygen atoms in total. The number of hydrogen-bond donors (Lipinski definition) is 1. The predicted octanol–water partition coefficient (Wildman–Crippen LogP) is 2.25. The molecule has 72 valence electrons. The molecule has 0 aromatic carbocycles. The summed E-state index contributed by atoms with van der Waals surface area (Å²) in [5.41, 5.74) is 1.05. The van der Waals surface area contributed by atoms with E-state index in [4.69, 9.17) is 11.6 Å². The third-order valence-electron chi connectivity index (χ3n) is 1.68. The first-order valence-corrected chi connectivity index (χ1v) is 4.89. The van der Waals surface area contributed by atoms with Crippen molar-refractivity contribution in [1.82, 2.24) is 9.97 Å². The molecule has 0 saturated carbocycles. The summed E-state index contributed by atoms with van der Waals surface area (Å²) in [7, 11) is 0. The van der Waals surface area contributed by atoms with Crippen LogP contribution in [0.2, 0.25) is 0 Å². The molecule has 0 unspecified atom stereocenters. The molecule has 0 atom stereocenters. The smallest absolute Gasteiger partial charge is 0.129 e. The zero-order valence-corrected chi connectivity index (χ0v) is 8.67. The van der Waals surface area contributed by atoms with Gasteiger partial charge >= 0.3 is 0 Å². The Hall–Kier alpha value is -0.830.